The number of aliphatic hydroxyl groups is 1. The number of esters is 1. The fraction of sp³-hybridized carbons (Fsp3) is 0.524. The van der Waals surface area contributed by atoms with Crippen molar-refractivity contribution in [3.05, 3.63) is 35.5 Å². The first kappa shape index (κ1) is 17.0. The highest BCUT2D eigenvalue weighted by molar-refractivity contribution is 6.12. The summed E-state index contributed by atoms with van der Waals surface area (Å²) in [4.78, 5) is 28.2. The molecule has 3 aliphatic heterocycles. The molecule has 0 unspecified atom stereocenters. The van der Waals surface area contributed by atoms with Crippen LogP contribution in [0.5, 0.6) is 0 Å². The second-order valence-corrected chi connectivity index (χ2v) is 8.21. The largest absolute Gasteiger partial charge is 0.465 e. The molecule has 0 bridgehead atoms. The third-order valence-electron chi connectivity index (χ3n) is 7.05. The van der Waals surface area contributed by atoms with Gasteiger partial charge in [0.05, 0.1) is 30.9 Å². The molecular formula is C21H24N2O4. The number of carbonyl (C=O) groups is 2. The van der Waals surface area contributed by atoms with Gasteiger partial charge in [-0.15, -0.1) is 0 Å². The van der Waals surface area contributed by atoms with E-state index in [0.29, 0.717) is 18.5 Å². The van der Waals surface area contributed by atoms with Crippen molar-refractivity contribution in [1.29, 1.82) is 0 Å². The summed E-state index contributed by atoms with van der Waals surface area (Å²) in [5.41, 5.74) is 0.151. The van der Waals surface area contributed by atoms with Crippen molar-refractivity contribution in [1.82, 2.24) is 9.47 Å². The van der Waals surface area contributed by atoms with Crippen LogP contribution in [0, 0.1) is 5.41 Å². The molecule has 6 nitrogen and oxygen atoms in total. The van der Waals surface area contributed by atoms with Crippen LogP contribution in [0.4, 0.5) is 0 Å². The number of Topliss-reactive ketones (excluding diaryl/α,β-unsaturated/α-hetero) is 1. The molecule has 1 saturated heterocycles. The highest BCUT2D eigenvalue weighted by Crippen LogP contribution is 2.60. The molecule has 1 fully saturated rings. The Labute approximate surface area is 157 Å². The Hall–Kier alpha value is -2.18. The molecule has 0 radical (unpaired) electrons. The molecule has 1 aromatic heterocycles. The van der Waals surface area contributed by atoms with Crippen molar-refractivity contribution >= 4 is 22.7 Å². The quantitative estimate of drug-likeness (QED) is 0.825. The summed E-state index contributed by atoms with van der Waals surface area (Å²) < 4.78 is 6.75. The van der Waals surface area contributed by atoms with Crippen LogP contribution in [-0.2, 0) is 15.3 Å². The fourth-order valence-corrected chi connectivity index (χ4v) is 5.97. The molecule has 4 heterocycles. The molecule has 2 aromatic rings. The molecule has 3 aliphatic rings. The number of carbonyl (C=O) groups excluding carboxylic acids is 2. The van der Waals surface area contributed by atoms with Crippen LogP contribution in [0.15, 0.2) is 24.3 Å². The van der Waals surface area contributed by atoms with Crippen LogP contribution in [0.1, 0.15) is 54.7 Å². The van der Waals surface area contributed by atoms with Crippen LogP contribution < -0.4 is 0 Å². The number of piperidine rings is 1. The van der Waals surface area contributed by atoms with E-state index in [1.54, 1.807) is 4.57 Å². The van der Waals surface area contributed by atoms with Crippen molar-refractivity contribution in [2.24, 2.45) is 5.41 Å². The van der Waals surface area contributed by atoms with Crippen LogP contribution >= 0.6 is 0 Å². The summed E-state index contributed by atoms with van der Waals surface area (Å²) in [5.74, 6) is -0.593. The number of para-hydroxylation sites is 1. The molecule has 0 aliphatic carbocycles. The number of ether oxygens (including phenoxy) is 1. The third-order valence-corrected chi connectivity index (χ3v) is 7.05. The fourth-order valence-electron chi connectivity index (χ4n) is 5.97. The maximum atomic E-state index is 13.1. The SMILES string of the molecule is CC[C@]12CCCN3CC(=O)c4c(n(c5ccccc45)[C@](O)(C(=O)OC)C1)[C@@H]32. The Morgan fingerprint density at radius 1 is 1.37 bits per heavy atom. The molecule has 5 rings (SSSR count). The minimum atomic E-state index is -1.80. The van der Waals surface area contributed by atoms with E-state index in [1.807, 2.05) is 24.3 Å². The number of fused-ring (bicyclic) bond motifs is 3. The van der Waals surface area contributed by atoms with E-state index in [9.17, 15) is 14.7 Å². The van der Waals surface area contributed by atoms with Gasteiger partial charge in [0.1, 0.15) is 0 Å². The van der Waals surface area contributed by atoms with Crippen molar-refractivity contribution < 1.29 is 19.4 Å². The minimum absolute atomic E-state index is 0.0429. The van der Waals surface area contributed by atoms with E-state index in [4.69, 9.17) is 4.74 Å². The Morgan fingerprint density at radius 3 is 2.89 bits per heavy atom. The summed E-state index contributed by atoms with van der Waals surface area (Å²) in [5, 5.41) is 12.5. The van der Waals surface area contributed by atoms with Gasteiger partial charge in [-0.25, -0.2) is 4.79 Å². The van der Waals surface area contributed by atoms with Crippen LogP contribution in [0.2, 0.25) is 0 Å². The molecule has 0 saturated carbocycles. The number of aromatic nitrogens is 1. The monoisotopic (exact) mass is 368 g/mol. The first-order chi connectivity index (χ1) is 13.0. The van der Waals surface area contributed by atoms with E-state index in [-0.39, 0.29) is 17.2 Å². The number of methoxy groups -OCH3 is 1. The number of nitrogens with zero attached hydrogens (tertiary/aromatic N) is 2. The van der Waals surface area contributed by atoms with E-state index in [0.717, 1.165) is 42.4 Å². The second-order valence-electron chi connectivity index (χ2n) is 8.21. The minimum Gasteiger partial charge on any atom is -0.465 e. The molecule has 6 heteroatoms. The lowest BCUT2D eigenvalue weighted by molar-refractivity contribution is -0.193. The zero-order valence-electron chi connectivity index (χ0n) is 15.7. The first-order valence-corrected chi connectivity index (χ1v) is 9.69. The molecular weight excluding hydrogens is 344 g/mol. The molecule has 142 valence electrons. The van der Waals surface area contributed by atoms with Gasteiger partial charge in [-0.2, -0.15) is 0 Å². The van der Waals surface area contributed by atoms with Gasteiger partial charge in [-0.1, -0.05) is 25.1 Å². The van der Waals surface area contributed by atoms with Crippen LogP contribution in [0.25, 0.3) is 10.9 Å². The number of hydrogen-bond donors (Lipinski definition) is 1. The Bertz CT molecular complexity index is 980. The lowest BCUT2D eigenvalue weighted by atomic mass is 9.62. The van der Waals surface area contributed by atoms with Gasteiger partial charge in [-0.3, -0.25) is 9.69 Å². The van der Waals surface area contributed by atoms with E-state index in [2.05, 4.69) is 11.8 Å². The van der Waals surface area contributed by atoms with Gasteiger partial charge in [0.2, 0.25) is 5.72 Å². The van der Waals surface area contributed by atoms with E-state index >= 15 is 0 Å². The zero-order chi connectivity index (χ0) is 19.0. The predicted octanol–water partition coefficient (Wildman–Crippen LogP) is 2.59. The number of benzene rings is 1. The average molecular weight is 368 g/mol. The number of ketones is 1. The van der Waals surface area contributed by atoms with E-state index in [1.165, 1.54) is 7.11 Å². The normalized spacial score (nSPS) is 32.4. The van der Waals surface area contributed by atoms with Crippen molar-refractivity contribution in [3.63, 3.8) is 0 Å². The molecule has 27 heavy (non-hydrogen) atoms. The molecule has 1 N–H and O–H groups in total. The standard InChI is InChI=1S/C21H24N2O4/c1-3-20-9-6-10-22-11-15(24)16-13-7-4-5-8-14(13)23(17(16)18(20)22)21(26,12-20)19(25)27-2/h4-5,7-8,18,26H,3,6,9-12H2,1-2H3/t18-,20+,21-/m1/s1. The van der Waals surface area contributed by atoms with Crippen molar-refractivity contribution in [2.75, 3.05) is 20.2 Å². The van der Waals surface area contributed by atoms with Gasteiger partial charge in [0.25, 0.3) is 0 Å². The Morgan fingerprint density at radius 2 is 2.15 bits per heavy atom. The average Bonchev–Trinajstić information content (AvgIpc) is 3.03. The predicted molar refractivity (Wildman–Crippen MR) is 99.4 cm³/mol. The van der Waals surface area contributed by atoms with Crippen molar-refractivity contribution in [3.8, 4) is 0 Å². The summed E-state index contributed by atoms with van der Waals surface area (Å²) in [6.45, 7) is 3.40. The third kappa shape index (κ3) is 1.92. The van der Waals surface area contributed by atoms with Gasteiger partial charge >= 0.3 is 5.97 Å². The Kier molecular flexibility index (Phi) is 3.41. The maximum absolute atomic E-state index is 13.1. The lowest BCUT2D eigenvalue weighted by Gasteiger charge is -2.57. The zero-order valence-corrected chi connectivity index (χ0v) is 15.7. The summed E-state index contributed by atoms with van der Waals surface area (Å²) in [6, 6.07) is 7.61. The Balaban J connectivity index is 1.93. The van der Waals surface area contributed by atoms with Gasteiger partial charge < -0.3 is 14.4 Å². The molecule has 0 amide bonds. The van der Waals surface area contributed by atoms with Crippen LogP contribution in [-0.4, -0.2) is 46.5 Å². The van der Waals surface area contributed by atoms with Gasteiger partial charge in [0, 0.05) is 17.4 Å². The van der Waals surface area contributed by atoms with Gasteiger partial charge in [0.15, 0.2) is 5.78 Å². The smallest absolute Gasteiger partial charge is 0.359 e. The number of hydrogen-bond acceptors (Lipinski definition) is 5. The van der Waals surface area contributed by atoms with E-state index < -0.39 is 11.7 Å². The molecule has 0 spiro atoms. The summed E-state index contributed by atoms with van der Waals surface area (Å²) in [7, 11) is 1.31. The highest BCUT2D eigenvalue weighted by atomic mass is 16.5. The summed E-state index contributed by atoms with van der Waals surface area (Å²) in [6.07, 6.45) is 3.04. The van der Waals surface area contributed by atoms with Crippen LogP contribution in [0.3, 0.4) is 0 Å². The highest BCUT2D eigenvalue weighted by Gasteiger charge is 2.61. The lowest BCUT2D eigenvalue weighted by Crippen LogP contribution is -2.60. The number of rotatable bonds is 2. The first-order valence-electron chi connectivity index (χ1n) is 9.69. The molecule has 3 atom stereocenters. The second kappa shape index (κ2) is 5.42. The van der Waals surface area contributed by atoms with Gasteiger partial charge in [-0.05, 0) is 37.3 Å². The van der Waals surface area contributed by atoms with Crippen molar-refractivity contribution in [2.45, 2.75) is 44.4 Å². The summed E-state index contributed by atoms with van der Waals surface area (Å²) >= 11 is 0. The molecule has 1 aromatic carbocycles. The topological polar surface area (TPSA) is 71.8 Å². The maximum Gasteiger partial charge on any atom is 0.359 e.